The summed E-state index contributed by atoms with van der Waals surface area (Å²) in [4.78, 5) is 15.7. The molecule has 1 unspecified atom stereocenters. The van der Waals surface area contributed by atoms with Gasteiger partial charge < -0.3 is 9.16 Å². The van der Waals surface area contributed by atoms with E-state index in [0.29, 0.717) is 12.5 Å². The van der Waals surface area contributed by atoms with Gasteiger partial charge in [-0.25, -0.2) is 4.98 Å². The monoisotopic (exact) mass is 493 g/mol. The van der Waals surface area contributed by atoms with Gasteiger partial charge in [-0.1, -0.05) is 40.5 Å². The number of ether oxygens (including phenoxy) is 1. The van der Waals surface area contributed by atoms with E-state index in [0.717, 1.165) is 35.4 Å². The Balaban J connectivity index is 2.00. The Morgan fingerprint density at radius 3 is 2.45 bits per heavy atom. The Labute approximate surface area is 207 Å². The molecule has 1 aliphatic carbocycles. The topological polar surface area (TPSA) is 48.4 Å². The Morgan fingerprint density at radius 1 is 1.27 bits per heavy atom. The molecule has 0 aliphatic heterocycles. The molecule has 0 amide bonds. The van der Waals surface area contributed by atoms with E-state index in [1.165, 1.54) is 38.2 Å². The van der Waals surface area contributed by atoms with Gasteiger partial charge in [-0.05, 0) is 87.1 Å². The summed E-state index contributed by atoms with van der Waals surface area (Å²) >= 11 is 1.71. The summed E-state index contributed by atoms with van der Waals surface area (Å²) in [5.74, 6) is 1.80. The maximum atomic E-state index is 11.0. The lowest BCUT2D eigenvalue weighted by Crippen LogP contribution is -2.45. The van der Waals surface area contributed by atoms with Crippen LogP contribution in [0.4, 0.5) is 0 Å². The predicted molar refractivity (Wildman–Crippen MR) is 143 cm³/mol. The molecule has 0 aromatic carbocycles. The normalized spacial score (nSPS) is 21.4. The van der Waals surface area contributed by atoms with E-state index in [1.54, 1.807) is 11.3 Å². The van der Waals surface area contributed by atoms with Gasteiger partial charge in [0, 0.05) is 12.3 Å². The third-order valence-corrected chi connectivity index (χ3v) is 13.0. The average molecular weight is 494 g/mol. The maximum absolute atomic E-state index is 11.0. The van der Waals surface area contributed by atoms with Crippen molar-refractivity contribution in [2.24, 2.45) is 17.8 Å². The van der Waals surface area contributed by atoms with Crippen molar-refractivity contribution >= 4 is 31.7 Å². The fourth-order valence-electron chi connectivity index (χ4n) is 4.31. The lowest BCUT2D eigenvalue weighted by Gasteiger charge is -2.44. The zero-order valence-corrected chi connectivity index (χ0v) is 24.3. The summed E-state index contributed by atoms with van der Waals surface area (Å²) < 4.78 is 12.2. The number of rotatable bonds is 12. The van der Waals surface area contributed by atoms with Crippen molar-refractivity contribution < 1.29 is 14.0 Å². The second kappa shape index (κ2) is 12.1. The third kappa shape index (κ3) is 8.95. The molecule has 188 valence electrons. The largest absolute Gasteiger partial charge is 0.466 e. The van der Waals surface area contributed by atoms with Gasteiger partial charge in [0.1, 0.15) is 0 Å². The fraction of sp³-hybridized carbons (Fsp3) is 0.778. The number of aromatic nitrogens is 1. The minimum atomic E-state index is -1.88. The van der Waals surface area contributed by atoms with Crippen LogP contribution in [0.2, 0.25) is 18.1 Å². The minimum absolute atomic E-state index is 0.170. The number of nitrogens with zero attached hydrogens (tertiary/aromatic N) is 1. The highest BCUT2D eigenvalue weighted by atomic mass is 32.1. The van der Waals surface area contributed by atoms with Crippen molar-refractivity contribution in [1.29, 1.82) is 0 Å². The van der Waals surface area contributed by atoms with E-state index >= 15 is 0 Å². The van der Waals surface area contributed by atoms with E-state index in [2.05, 4.69) is 71.1 Å². The highest BCUT2D eigenvalue weighted by molar-refractivity contribution is 7.09. The minimum Gasteiger partial charge on any atom is -0.466 e. The van der Waals surface area contributed by atoms with Gasteiger partial charge in [0.05, 0.1) is 23.4 Å². The number of carbonyl (C=O) groups is 1. The van der Waals surface area contributed by atoms with Gasteiger partial charge in [0.25, 0.3) is 0 Å². The van der Waals surface area contributed by atoms with Crippen molar-refractivity contribution in [3.05, 3.63) is 21.7 Å². The van der Waals surface area contributed by atoms with E-state index < -0.39 is 8.32 Å². The highest BCUT2D eigenvalue weighted by Gasteiger charge is 2.41. The first-order valence-electron chi connectivity index (χ1n) is 12.7. The zero-order chi connectivity index (χ0) is 24.8. The molecular formula is C27H47NO3SSi. The Hall–Kier alpha value is -0.983. The first kappa shape index (κ1) is 28.3. The molecule has 1 fully saturated rings. The first-order chi connectivity index (χ1) is 15.3. The van der Waals surface area contributed by atoms with E-state index in [-0.39, 0.29) is 17.1 Å². The van der Waals surface area contributed by atoms with Gasteiger partial charge in [-0.15, -0.1) is 11.3 Å². The van der Waals surface area contributed by atoms with Crippen LogP contribution in [-0.2, 0) is 14.0 Å². The highest BCUT2D eigenvalue weighted by Crippen LogP contribution is 2.44. The Morgan fingerprint density at radius 2 is 1.94 bits per heavy atom. The number of hydrogen-bond donors (Lipinski definition) is 0. The molecule has 2 rings (SSSR count). The first-order valence-corrected chi connectivity index (χ1v) is 16.5. The molecule has 1 saturated carbocycles. The molecule has 1 aromatic heterocycles. The molecule has 0 radical (unpaired) electrons. The van der Waals surface area contributed by atoms with Crippen LogP contribution >= 0.6 is 11.3 Å². The molecule has 1 aliphatic rings. The number of esters is 1. The third-order valence-electron chi connectivity index (χ3n) is 7.70. The zero-order valence-electron chi connectivity index (χ0n) is 22.5. The van der Waals surface area contributed by atoms with Gasteiger partial charge in [-0.3, -0.25) is 4.79 Å². The molecule has 0 spiro atoms. The number of carbonyl (C=O) groups excluding carboxylic acids is 1. The van der Waals surface area contributed by atoms with Crippen molar-refractivity contribution in [2.75, 3.05) is 6.61 Å². The van der Waals surface area contributed by atoms with Crippen LogP contribution in [0.5, 0.6) is 0 Å². The van der Waals surface area contributed by atoms with Crippen LogP contribution < -0.4 is 0 Å². The summed E-state index contributed by atoms with van der Waals surface area (Å²) in [6.07, 6.45) is 9.79. The van der Waals surface area contributed by atoms with Crippen LogP contribution in [0.25, 0.3) is 6.08 Å². The quantitative estimate of drug-likeness (QED) is 0.218. The molecule has 4 nitrogen and oxygen atoms in total. The summed E-state index contributed by atoms with van der Waals surface area (Å²) in [6, 6.07) is 0. The van der Waals surface area contributed by atoms with Crippen LogP contribution in [0.15, 0.2) is 11.0 Å². The van der Waals surface area contributed by atoms with Gasteiger partial charge in [-0.2, -0.15) is 0 Å². The summed E-state index contributed by atoms with van der Waals surface area (Å²) in [6.45, 7) is 20.2. The van der Waals surface area contributed by atoms with Crippen molar-refractivity contribution in [1.82, 2.24) is 4.98 Å². The van der Waals surface area contributed by atoms with Crippen LogP contribution in [0.1, 0.15) is 90.8 Å². The molecule has 1 heterocycles. The van der Waals surface area contributed by atoms with Crippen LogP contribution in [0.3, 0.4) is 0 Å². The number of hydrogen-bond acceptors (Lipinski definition) is 5. The lowest BCUT2D eigenvalue weighted by atomic mass is 9.68. The Bertz CT molecular complexity index is 796. The van der Waals surface area contributed by atoms with E-state index in [4.69, 9.17) is 9.16 Å². The molecule has 0 saturated heterocycles. The Kier molecular flexibility index (Phi) is 10.4. The van der Waals surface area contributed by atoms with Crippen LogP contribution in [0, 0.1) is 24.7 Å². The second-order valence-electron chi connectivity index (χ2n) is 11.7. The fourth-order valence-corrected chi connectivity index (χ4v) is 6.22. The molecule has 0 bridgehead atoms. The maximum Gasteiger partial charge on any atom is 0.302 e. The second-order valence-corrected chi connectivity index (χ2v) is 17.5. The summed E-state index contributed by atoms with van der Waals surface area (Å²) in [7, 11) is -1.88. The van der Waals surface area contributed by atoms with Crippen molar-refractivity contribution in [3.63, 3.8) is 0 Å². The predicted octanol–water partition coefficient (Wildman–Crippen LogP) is 8.03. The standard InChI is InChI=1S/C27H47NO3SSi/c1-19(17-30-22(4)29)11-10-12-23-13-14-24(23)16-26(31-33(8,9)27(5,6)7)20(2)15-25-18-32-21(3)28-25/h15,18-19,23-24,26H,10-14,16-17H2,1-9H3/b20-15+/t19-,23-,24-,26?/m0/s1. The molecule has 6 heteroatoms. The summed E-state index contributed by atoms with van der Waals surface area (Å²) in [5, 5.41) is 3.45. The van der Waals surface area contributed by atoms with Crippen molar-refractivity contribution in [2.45, 2.75) is 111 Å². The molecule has 4 atom stereocenters. The van der Waals surface area contributed by atoms with Gasteiger partial charge in [0.2, 0.25) is 0 Å². The van der Waals surface area contributed by atoms with E-state index in [1.807, 2.05) is 0 Å². The summed E-state index contributed by atoms with van der Waals surface area (Å²) in [5.41, 5.74) is 2.37. The van der Waals surface area contributed by atoms with Crippen LogP contribution in [-0.4, -0.2) is 32.0 Å². The average Bonchev–Trinajstić information content (AvgIpc) is 3.09. The number of thiazole rings is 1. The smallest absolute Gasteiger partial charge is 0.302 e. The molecular weight excluding hydrogens is 446 g/mol. The molecule has 33 heavy (non-hydrogen) atoms. The number of aryl methyl sites for hydroxylation is 1. The lowest BCUT2D eigenvalue weighted by molar-refractivity contribution is -0.142. The SMILES string of the molecule is CC(=O)OC[C@@H](C)CCC[C@H]1CC[C@H]1CC(O[Si](C)(C)C(C)(C)C)/C(C)=C/c1csc(C)n1. The molecule has 0 N–H and O–H groups in total. The molecule has 1 aromatic rings. The van der Waals surface area contributed by atoms with Crippen molar-refractivity contribution in [3.8, 4) is 0 Å². The van der Waals surface area contributed by atoms with Gasteiger partial charge >= 0.3 is 5.97 Å². The van der Waals surface area contributed by atoms with E-state index in [9.17, 15) is 4.79 Å². The van der Waals surface area contributed by atoms with Gasteiger partial charge in [0.15, 0.2) is 8.32 Å².